The quantitative estimate of drug-likeness (QED) is 0.876. The first-order chi connectivity index (χ1) is 6.79. The van der Waals surface area contributed by atoms with Gasteiger partial charge < -0.3 is 10.1 Å². The Labute approximate surface area is 93.8 Å². The second-order valence-electron chi connectivity index (χ2n) is 3.02. The molecule has 1 unspecified atom stereocenters. The molecule has 0 aromatic heterocycles. The summed E-state index contributed by atoms with van der Waals surface area (Å²) in [6, 6.07) is 8.16. The molecule has 1 aromatic rings. The predicted octanol–water partition coefficient (Wildman–Crippen LogP) is 2.75. The van der Waals surface area contributed by atoms with E-state index < -0.39 is 0 Å². The molecule has 0 saturated carbocycles. The number of likely N-dealkylation sites (N-methyl/N-ethyl adjacent to an activating group) is 1. The monoisotopic (exact) mass is 257 g/mol. The van der Waals surface area contributed by atoms with Crippen LogP contribution in [0.4, 0.5) is 0 Å². The zero-order valence-corrected chi connectivity index (χ0v) is 10.2. The molecule has 14 heavy (non-hydrogen) atoms. The molecule has 78 valence electrons. The Morgan fingerprint density at radius 1 is 1.43 bits per heavy atom. The van der Waals surface area contributed by atoms with Crippen LogP contribution in [0.3, 0.4) is 0 Å². The van der Waals surface area contributed by atoms with Crippen LogP contribution in [0.25, 0.3) is 0 Å². The van der Waals surface area contributed by atoms with Crippen molar-refractivity contribution < 1.29 is 4.74 Å². The average molecular weight is 258 g/mol. The van der Waals surface area contributed by atoms with Gasteiger partial charge in [0, 0.05) is 17.6 Å². The smallest absolute Gasteiger partial charge is 0.0959 e. The molecule has 2 nitrogen and oxygen atoms in total. The highest BCUT2D eigenvalue weighted by atomic mass is 79.9. The van der Waals surface area contributed by atoms with Crippen LogP contribution >= 0.6 is 15.9 Å². The van der Waals surface area contributed by atoms with Gasteiger partial charge in [0.1, 0.15) is 0 Å². The maximum absolute atomic E-state index is 5.66. The fourth-order valence-electron chi connectivity index (χ4n) is 1.38. The van der Waals surface area contributed by atoms with Crippen molar-refractivity contribution in [1.82, 2.24) is 5.32 Å². The van der Waals surface area contributed by atoms with E-state index in [4.69, 9.17) is 4.74 Å². The fourth-order valence-corrected chi connectivity index (χ4v) is 1.92. The van der Waals surface area contributed by atoms with Gasteiger partial charge in [-0.15, -0.1) is 0 Å². The Bertz CT molecular complexity index is 272. The number of rotatable bonds is 5. The molecular formula is C11H16BrNO. The second-order valence-corrected chi connectivity index (χ2v) is 3.88. The van der Waals surface area contributed by atoms with E-state index in [1.165, 1.54) is 5.56 Å². The Balaban J connectivity index is 2.81. The lowest BCUT2D eigenvalue weighted by Crippen LogP contribution is -2.20. The van der Waals surface area contributed by atoms with Crippen molar-refractivity contribution in [3.05, 3.63) is 34.3 Å². The lowest BCUT2D eigenvalue weighted by atomic mass is 10.1. The Hall–Kier alpha value is -0.380. The average Bonchev–Trinajstić information content (AvgIpc) is 2.18. The first kappa shape index (κ1) is 11.7. The first-order valence-electron chi connectivity index (χ1n) is 4.80. The number of hydrogen-bond acceptors (Lipinski definition) is 2. The molecule has 0 saturated heterocycles. The number of ether oxygens (including phenoxy) is 1. The SMILES string of the molecule is CCOC(CNC)c1ccccc1Br. The maximum Gasteiger partial charge on any atom is 0.0959 e. The van der Waals surface area contributed by atoms with Crippen molar-refractivity contribution >= 4 is 15.9 Å². The molecular weight excluding hydrogens is 242 g/mol. The van der Waals surface area contributed by atoms with Gasteiger partial charge in [-0.05, 0) is 25.6 Å². The van der Waals surface area contributed by atoms with E-state index in [2.05, 4.69) is 27.3 Å². The molecule has 0 radical (unpaired) electrons. The van der Waals surface area contributed by atoms with Gasteiger partial charge in [-0.3, -0.25) is 0 Å². The Morgan fingerprint density at radius 3 is 2.71 bits per heavy atom. The summed E-state index contributed by atoms with van der Waals surface area (Å²) in [5.74, 6) is 0. The van der Waals surface area contributed by atoms with Crippen molar-refractivity contribution in [2.24, 2.45) is 0 Å². The van der Waals surface area contributed by atoms with Gasteiger partial charge in [-0.2, -0.15) is 0 Å². The third-order valence-corrected chi connectivity index (χ3v) is 2.73. The molecule has 0 aliphatic carbocycles. The summed E-state index contributed by atoms with van der Waals surface area (Å²) in [6.45, 7) is 3.57. The van der Waals surface area contributed by atoms with Crippen LogP contribution in [0.1, 0.15) is 18.6 Å². The molecule has 1 rings (SSSR count). The van der Waals surface area contributed by atoms with E-state index >= 15 is 0 Å². The third-order valence-electron chi connectivity index (χ3n) is 2.01. The third kappa shape index (κ3) is 3.08. The molecule has 0 heterocycles. The summed E-state index contributed by atoms with van der Waals surface area (Å²) in [6.07, 6.45) is 0.126. The lowest BCUT2D eigenvalue weighted by molar-refractivity contribution is 0.0633. The summed E-state index contributed by atoms with van der Waals surface area (Å²) < 4.78 is 6.76. The summed E-state index contributed by atoms with van der Waals surface area (Å²) in [4.78, 5) is 0. The number of benzene rings is 1. The zero-order valence-electron chi connectivity index (χ0n) is 8.59. The minimum absolute atomic E-state index is 0.126. The molecule has 0 amide bonds. The van der Waals surface area contributed by atoms with Gasteiger partial charge in [0.15, 0.2) is 0 Å². The lowest BCUT2D eigenvalue weighted by Gasteiger charge is -2.18. The van der Waals surface area contributed by atoms with Crippen LogP contribution in [0.2, 0.25) is 0 Å². The number of nitrogens with one attached hydrogen (secondary N) is 1. The van der Waals surface area contributed by atoms with E-state index in [0.717, 1.165) is 17.6 Å². The number of halogens is 1. The molecule has 0 aliphatic heterocycles. The van der Waals surface area contributed by atoms with Crippen molar-refractivity contribution in [2.45, 2.75) is 13.0 Å². The highest BCUT2D eigenvalue weighted by Gasteiger charge is 2.12. The molecule has 0 fully saturated rings. The van der Waals surface area contributed by atoms with E-state index in [1.54, 1.807) is 0 Å². The molecule has 0 aliphatic rings. The number of hydrogen-bond donors (Lipinski definition) is 1. The highest BCUT2D eigenvalue weighted by Crippen LogP contribution is 2.25. The van der Waals surface area contributed by atoms with E-state index in [0.29, 0.717) is 0 Å². The van der Waals surface area contributed by atoms with Crippen molar-refractivity contribution in [2.75, 3.05) is 20.2 Å². The molecule has 0 spiro atoms. The molecule has 1 aromatic carbocycles. The van der Waals surface area contributed by atoms with Gasteiger partial charge in [0.05, 0.1) is 6.10 Å². The van der Waals surface area contributed by atoms with Crippen LogP contribution in [0.15, 0.2) is 28.7 Å². The molecule has 3 heteroatoms. The van der Waals surface area contributed by atoms with Crippen LogP contribution in [0, 0.1) is 0 Å². The predicted molar refractivity (Wildman–Crippen MR) is 62.4 cm³/mol. The minimum Gasteiger partial charge on any atom is -0.372 e. The largest absolute Gasteiger partial charge is 0.372 e. The minimum atomic E-state index is 0.126. The standard InChI is InChI=1S/C11H16BrNO/c1-3-14-11(8-13-2)9-6-4-5-7-10(9)12/h4-7,11,13H,3,8H2,1-2H3. The summed E-state index contributed by atoms with van der Waals surface area (Å²) >= 11 is 3.53. The Kier molecular flexibility index (Phi) is 5.15. The van der Waals surface area contributed by atoms with Gasteiger partial charge >= 0.3 is 0 Å². The van der Waals surface area contributed by atoms with Crippen LogP contribution in [-0.2, 0) is 4.74 Å². The summed E-state index contributed by atoms with van der Waals surface area (Å²) in [5, 5.41) is 3.13. The maximum atomic E-state index is 5.66. The van der Waals surface area contributed by atoms with Crippen LogP contribution in [0.5, 0.6) is 0 Å². The molecule has 0 bridgehead atoms. The summed E-state index contributed by atoms with van der Waals surface area (Å²) in [7, 11) is 1.93. The van der Waals surface area contributed by atoms with Crippen molar-refractivity contribution in [1.29, 1.82) is 0 Å². The van der Waals surface area contributed by atoms with Crippen LogP contribution in [-0.4, -0.2) is 20.2 Å². The Morgan fingerprint density at radius 2 is 2.14 bits per heavy atom. The van der Waals surface area contributed by atoms with Crippen LogP contribution < -0.4 is 5.32 Å². The summed E-state index contributed by atoms with van der Waals surface area (Å²) in [5.41, 5.74) is 1.20. The topological polar surface area (TPSA) is 21.3 Å². The normalized spacial score (nSPS) is 12.8. The highest BCUT2D eigenvalue weighted by molar-refractivity contribution is 9.10. The zero-order chi connectivity index (χ0) is 10.4. The molecule has 1 N–H and O–H groups in total. The van der Waals surface area contributed by atoms with Crippen molar-refractivity contribution in [3.63, 3.8) is 0 Å². The first-order valence-corrected chi connectivity index (χ1v) is 5.59. The van der Waals surface area contributed by atoms with Crippen molar-refractivity contribution in [3.8, 4) is 0 Å². The van der Waals surface area contributed by atoms with Gasteiger partial charge in [0.2, 0.25) is 0 Å². The molecule has 1 atom stereocenters. The van der Waals surface area contributed by atoms with E-state index in [1.807, 2.05) is 32.2 Å². The second kappa shape index (κ2) is 6.17. The van der Waals surface area contributed by atoms with E-state index in [9.17, 15) is 0 Å². The van der Waals surface area contributed by atoms with Gasteiger partial charge in [0.25, 0.3) is 0 Å². The van der Waals surface area contributed by atoms with Gasteiger partial charge in [-0.25, -0.2) is 0 Å². The fraction of sp³-hybridized carbons (Fsp3) is 0.455. The van der Waals surface area contributed by atoms with Gasteiger partial charge in [-0.1, -0.05) is 34.1 Å². The van der Waals surface area contributed by atoms with E-state index in [-0.39, 0.29) is 6.10 Å².